The maximum atomic E-state index is 13.0. The second-order valence-corrected chi connectivity index (χ2v) is 9.95. The number of aliphatic hydroxyl groups is 1. The smallest absolute Gasteiger partial charge is 0.262 e. The standard InChI is InChI=1S/C25H35N3O5S/c1-4-17-33-25-20(18-21(29)19-28-15-13-27(5-2)14-16-28)7-6-8-24(25)26-34(30,31)23-11-9-22(32-3)10-12-23/h4,6-12,21,26,29H,1,5,13-19H2,2-3H3. The molecule has 1 unspecified atom stereocenters. The molecule has 1 heterocycles. The molecule has 0 radical (unpaired) electrons. The van der Waals surface area contributed by atoms with Gasteiger partial charge in [-0.05, 0) is 42.4 Å². The van der Waals surface area contributed by atoms with Gasteiger partial charge in [0.15, 0.2) is 0 Å². The fourth-order valence-electron chi connectivity index (χ4n) is 4.00. The number of nitrogens with one attached hydrogen (secondary N) is 1. The molecular formula is C25H35N3O5S. The molecule has 2 aromatic carbocycles. The first-order chi connectivity index (χ1) is 16.4. The van der Waals surface area contributed by atoms with Crippen LogP contribution in [-0.2, 0) is 16.4 Å². The number of anilines is 1. The maximum absolute atomic E-state index is 13.0. The fraction of sp³-hybridized carbons (Fsp3) is 0.440. The van der Waals surface area contributed by atoms with Gasteiger partial charge >= 0.3 is 0 Å². The van der Waals surface area contributed by atoms with Crippen molar-refractivity contribution < 1.29 is 23.0 Å². The predicted molar refractivity (Wildman–Crippen MR) is 134 cm³/mol. The number of rotatable bonds is 12. The zero-order chi connectivity index (χ0) is 24.6. The summed E-state index contributed by atoms with van der Waals surface area (Å²) in [6.07, 6.45) is 1.34. The van der Waals surface area contributed by atoms with Crippen molar-refractivity contribution in [2.24, 2.45) is 0 Å². The minimum atomic E-state index is -3.85. The average molecular weight is 490 g/mol. The van der Waals surface area contributed by atoms with Gasteiger partial charge in [-0.2, -0.15) is 0 Å². The van der Waals surface area contributed by atoms with Crippen LogP contribution in [0.15, 0.2) is 60.0 Å². The summed E-state index contributed by atoms with van der Waals surface area (Å²) in [5.74, 6) is 0.968. The molecule has 0 bridgehead atoms. The molecule has 2 aromatic rings. The summed E-state index contributed by atoms with van der Waals surface area (Å²) in [6, 6.07) is 11.4. The number of hydrogen-bond acceptors (Lipinski definition) is 7. The average Bonchev–Trinajstić information content (AvgIpc) is 2.84. The molecule has 0 aromatic heterocycles. The van der Waals surface area contributed by atoms with E-state index in [-0.39, 0.29) is 11.5 Å². The third kappa shape index (κ3) is 6.96. The van der Waals surface area contributed by atoms with Crippen molar-refractivity contribution in [1.29, 1.82) is 0 Å². The highest BCUT2D eigenvalue weighted by Gasteiger charge is 2.22. The number of β-amino-alcohol motifs (C(OH)–C–C–N with tert-alkyl or cyclic N) is 1. The summed E-state index contributed by atoms with van der Waals surface area (Å²) in [5.41, 5.74) is 1.05. The highest BCUT2D eigenvalue weighted by atomic mass is 32.2. The van der Waals surface area contributed by atoms with E-state index in [9.17, 15) is 13.5 Å². The summed E-state index contributed by atoms with van der Waals surface area (Å²) in [5, 5.41) is 10.8. The third-order valence-electron chi connectivity index (χ3n) is 5.89. The molecule has 1 saturated heterocycles. The van der Waals surface area contributed by atoms with Gasteiger partial charge in [-0.1, -0.05) is 31.7 Å². The van der Waals surface area contributed by atoms with E-state index >= 15 is 0 Å². The highest BCUT2D eigenvalue weighted by molar-refractivity contribution is 7.92. The minimum Gasteiger partial charge on any atom is -0.497 e. The van der Waals surface area contributed by atoms with E-state index < -0.39 is 16.1 Å². The molecule has 3 rings (SSSR count). The van der Waals surface area contributed by atoms with Gasteiger partial charge in [0.1, 0.15) is 18.1 Å². The molecule has 186 valence electrons. The Balaban J connectivity index is 1.76. The molecule has 1 aliphatic heterocycles. The third-order valence-corrected chi connectivity index (χ3v) is 7.27. The highest BCUT2D eigenvalue weighted by Crippen LogP contribution is 2.32. The van der Waals surface area contributed by atoms with Crippen LogP contribution in [0.2, 0.25) is 0 Å². The second kappa shape index (κ2) is 12.2. The molecule has 0 amide bonds. The maximum Gasteiger partial charge on any atom is 0.262 e. The van der Waals surface area contributed by atoms with E-state index in [0.717, 1.165) is 38.3 Å². The van der Waals surface area contributed by atoms with Gasteiger partial charge in [-0.3, -0.25) is 9.62 Å². The summed E-state index contributed by atoms with van der Waals surface area (Å²) >= 11 is 0. The number of nitrogens with zero attached hydrogens (tertiary/aromatic N) is 2. The monoisotopic (exact) mass is 489 g/mol. The summed E-state index contributed by atoms with van der Waals surface area (Å²) < 4.78 is 39.6. The van der Waals surface area contributed by atoms with E-state index in [1.54, 1.807) is 30.3 Å². The van der Waals surface area contributed by atoms with Crippen LogP contribution < -0.4 is 14.2 Å². The Morgan fingerprint density at radius 3 is 2.41 bits per heavy atom. The van der Waals surface area contributed by atoms with Crippen LogP contribution in [0.4, 0.5) is 5.69 Å². The Hall–Kier alpha value is -2.59. The number of aliphatic hydroxyl groups excluding tert-OH is 1. The molecule has 2 N–H and O–H groups in total. The van der Waals surface area contributed by atoms with Crippen LogP contribution >= 0.6 is 0 Å². The van der Waals surface area contributed by atoms with Crippen molar-refractivity contribution in [3.05, 3.63) is 60.7 Å². The normalized spacial score (nSPS) is 16.1. The largest absolute Gasteiger partial charge is 0.497 e. The van der Waals surface area contributed by atoms with Crippen LogP contribution in [0.25, 0.3) is 0 Å². The molecule has 1 atom stereocenters. The Labute approximate surface area is 202 Å². The van der Waals surface area contributed by atoms with Crippen molar-refractivity contribution in [2.75, 3.05) is 57.7 Å². The lowest BCUT2D eigenvalue weighted by Gasteiger charge is -2.35. The Morgan fingerprint density at radius 2 is 1.79 bits per heavy atom. The van der Waals surface area contributed by atoms with Crippen molar-refractivity contribution in [1.82, 2.24) is 9.80 Å². The molecule has 8 nitrogen and oxygen atoms in total. The first kappa shape index (κ1) is 26.0. The van der Waals surface area contributed by atoms with Crippen LogP contribution in [0.3, 0.4) is 0 Å². The number of benzene rings is 2. The van der Waals surface area contributed by atoms with Gasteiger partial charge in [-0.25, -0.2) is 8.42 Å². The second-order valence-electron chi connectivity index (χ2n) is 8.27. The van der Waals surface area contributed by atoms with Crippen LogP contribution in [0.1, 0.15) is 12.5 Å². The number of ether oxygens (including phenoxy) is 2. The molecular weight excluding hydrogens is 454 g/mol. The van der Waals surface area contributed by atoms with Crippen molar-refractivity contribution in [3.63, 3.8) is 0 Å². The van der Waals surface area contributed by atoms with E-state index in [1.807, 2.05) is 6.07 Å². The van der Waals surface area contributed by atoms with Crippen molar-refractivity contribution >= 4 is 15.7 Å². The van der Waals surface area contributed by atoms with Gasteiger partial charge in [0.25, 0.3) is 10.0 Å². The van der Waals surface area contributed by atoms with Crippen LogP contribution in [-0.4, -0.2) is 82.4 Å². The molecule has 0 spiro atoms. The summed E-state index contributed by atoms with van der Waals surface area (Å²) in [7, 11) is -2.32. The lowest BCUT2D eigenvalue weighted by atomic mass is 10.0. The lowest BCUT2D eigenvalue weighted by Crippen LogP contribution is -2.48. The number of methoxy groups -OCH3 is 1. The molecule has 1 aliphatic rings. The van der Waals surface area contributed by atoms with Gasteiger partial charge in [0.2, 0.25) is 0 Å². The molecule has 0 aliphatic carbocycles. The quantitative estimate of drug-likeness (QED) is 0.443. The zero-order valence-corrected chi connectivity index (χ0v) is 20.8. The number of hydrogen-bond donors (Lipinski definition) is 2. The van der Waals surface area contributed by atoms with E-state index in [2.05, 4.69) is 28.0 Å². The summed E-state index contributed by atoms with van der Waals surface area (Å²) in [4.78, 5) is 4.76. The van der Waals surface area contributed by atoms with Crippen LogP contribution in [0.5, 0.6) is 11.5 Å². The molecule has 34 heavy (non-hydrogen) atoms. The van der Waals surface area contributed by atoms with Crippen molar-refractivity contribution in [2.45, 2.75) is 24.3 Å². The van der Waals surface area contributed by atoms with E-state index in [4.69, 9.17) is 9.47 Å². The van der Waals surface area contributed by atoms with E-state index in [0.29, 0.717) is 30.2 Å². The molecule has 1 fully saturated rings. The number of likely N-dealkylation sites (N-methyl/N-ethyl adjacent to an activating group) is 1. The SMILES string of the molecule is C=CCOc1c(CC(O)CN2CCN(CC)CC2)cccc1NS(=O)(=O)c1ccc(OC)cc1. The predicted octanol–water partition coefficient (Wildman–Crippen LogP) is 2.60. The first-order valence-corrected chi connectivity index (χ1v) is 13.0. The molecule has 0 saturated carbocycles. The summed E-state index contributed by atoms with van der Waals surface area (Å²) in [6.45, 7) is 11.5. The van der Waals surface area contributed by atoms with Crippen LogP contribution in [0, 0.1) is 0 Å². The number of para-hydroxylation sites is 1. The number of sulfonamides is 1. The lowest BCUT2D eigenvalue weighted by molar-refractivity contribution is 0.0744. The van der Waals surface area contributed by atoms with Crippen molar-refractivity contribution in [3.8, 4) is 11.5 Å². The molecule has 9 heteroatoms. The fourth-order valence-corrected chi connectivity index (χ4v) is 5.06. The zero-order valence-electron chi connectivity index (χ0n) is 19.9. The van der Waals surface area contributed by atoms with Gasteiger partial charge in [0, 0.05) is 39.1 Å². The minimum absolute atomic E-state index is 0.111. The van der Waals surface area contributed by atoms with Gasteiger partial charge < -0.3 is 19.5 Å². The van der Waals surface area contributed by atoms with Gasteiger partial charge in [-0.15, -0.1) is 0 Å². The Bertz CT molecular complexity index is 1040. The Morgan fingerprint density at radius 1 is 1.12 bits per heavy atom. The first-order valence-electron chi connectivity index (χ1n) is 11.5. The van der Waals surface area contributed by atoms with E-state index in [1.165, 1.54) is 19.2 Å². The Kier molecular flexibility index (Phi) is 9.35. The van der Waals surface area contributed by atoms with Gasteiger partial charge in [0.05, 0.1) is 23.8 Å². The topological polar surface area (TPSA) is 91.3 Å². The number of piperazine rings is 1.